The molecule has 0 fully saturated rings. The third-order valence-corrected chi connectivity index (χ3v) is 2.56. The molecular weight excluding hydrogens is 246 g/mol. The summed E-state index contributed by atoms with van der Waals surface area (Å²) in [6, 6.07) is 0. The maximum absolute atomic E-state index is 12.2. The van der Waals surface area contributed by atoms with Gasteiger partial charge < -0.3 is 0 Å². The monoisotopic (exact) mass is 267 g/mol. The molecule has 0 aliphatic rings. The lowest BCUT2D eigenvalue weighted by molar-refractivity contribution is 0.313. The van der Waals surface area contributed by atoms with E-state index in [1.807, 2.05) is 20.8 Å². The molecule has 0 aromatic carbocycles. The molecule has 0 unspecified atom stereocenters. The molecule has 0 bridgehead atoms. The molecular formula is C13H21N3O3. The van der Waals surface area contributed by atoms with Crippen LogP contribution in [0.15, 0.2) is 26.5 Å². The van der Waals surface area contributed by atoms with E-state index in [0.29, 0.717) is 5.57 Å². The number of nitrogens with zero attached hydrogens (tertiary/aromatic N) is 3. The Balaban J connectivity index is 3.62. The van der Waals surface area contributed by atoms with Gasteiger partial charge >= 0.3 is 17.1 Å². The van der Waals surface area contributed by atoms with E-state index in [1.54, 1.807) is 6.92 Å². The van der Waals surface area contributed by atoms with Crippen molar-refractivity contribution in [3.8, 4) is 0 Å². The largest absolute Gasteiger partial charge is 0.336 e. The minimum atomic E-state index is -0.608. The molecule has 1 rings (SSSR count). The van der Waals surface area contributed by atoms with Gasteiger partial charge in [-0.25, -0.2) is 28.1 Å². The molecule has 0 saturated carbocycles. The molecule has 1 aromatic heterocycles. The maximum Gasteiger partial charge on any atom is 0.336 e. The Morgan fingerprint density at radius 1 is 1.05 bits per heavy atom. The zero-order valence-electron chi connectivity index (χ0n) is 12.2. The van der Waals surface area contributed by atoms with Gasteiger partial charge in [-0.15, -0.1) is 0 Å². The topological polar surface area (TPSA) is 66.0 Å². The molecule has 0 N–H and O–H groups in total. The van der Waals surface area contributed by atoms with E-state index in [0.717, 1.165) is 13.7 Å². The van der Waals surface area contributed by atoms with Gasteiger partial charge in [0, 0.05) is 13.6 Å². The normalized spacial score (nSPS) is 11.6. The van der Waals surface area contributed by atoms with Crippen molar-refractivity contribution in [2.75, 3.05) is 0 Å². The van der Waals surface area contributed by atoms with Crippen LogP contribution in [0.3, 0.4) is 0 Å². The van der Waals surface area contributed by atoms with Gasteiger partial charge in [0.05, 0.1) is 6.54 Å². The second-order valence-electron chi connectivity index (χ2n) is 6.10. The molecule has 6 nitrogen and oxygen atoms in total. The summed E-state index contributed by atoms with van der Waals surface area (Å²) in [6.45, 7) is 11.6. The predicted molar refractivity (Wildman–Crippen MR) is 74.5 cm³/mol. The van der Waals surface area contributed by atoms with Gasteiger partial charge in [-0.1, -0.05) is 32.9 Å². The van der Waals surface area contributed by atoms with Crippen LogP contribution < -0.4 is 17.1 Å². The highest BCUT2D eigenvalue weighted by Crippen LogP contribution is 2.13. The first-order valence-corrected chi connectivity index (χ1v) is 6.09. The van der Waals surface area contributed by atoms with Gasteiger partial charge in [0.25, 0.3) is 0 Å². The number of hydrogen-bond acceptors (Lipinski definition) is 3. The Bertz CT molecular complexity index is 668. The van der Waals surface area contributed by atoms with Gasteiger partial charge in [0.15, 0.2) is 0 Å². The Hall–Kier alpha value is -1.85. The summed E-state index contributed by atoms with van der Waals surface area (Å²) in [4.78, 5) is 36.2. The first-order valence-electron chi connectivity index (χ1n) is 6.09. The van der Waals surface area contributed by atoms with Crippen LogP contribution in [-0.4, -0.2) is 13.7 Å². The van der Waals surface area contributed by atoms with E-state index >= 15 is 0 Å². The van der Waals surface area contributed by atoms with Crippen molar-refractivity contribution in [2.24, 2.45) is 12.5 Å². The van der Waals surface area contributed by atoms with E-state index in [4.69, 9.17) is 0 Å². The Labute approximate surface area is 111 Å². The highest BCUT2D eigenvalue weighted by Gasteiger charge is 2.18. The van der Waals surface area contributed by atoms with E-state index < -0.39 is 17.1 Å². The van der Waals surface area contributed by atoms with Crippen molar-refractivity contribution in [3.05, 3.63) is 43.6 Å². The lowest BCUT2D eigenvalue weighted by Crippen LogP contribution is -2.54. The van der Waals surface area contributed by atoms with Crippen LogP contribution in [0, 0.1) is 5.41 Å². The summed E-state index contributed by atoms with van der Waals surface area (Å²) in [5.41, 5.74) is -1.32. The number of allylic oxidation sites excluding steroid dienone is 1. The third kappa shape index (κ3) is 3.33. The number of hydrogen-bond donors (Lipinski definition) is 0. The van der Waals surface area contributed by atoms with Gasteiger partial charge in [-0.2, -0.15) is 0 Å². The first-order chi connectivity index (χ1) is 8.54. The van der Waals surface area contributed by atoms with Crippen molar-refractivity contribution in [3.63, 3.8) is 0 Å². The number of aromatic nitrogens is 3. The van der Waals surface area contributed by atoms with Gasteiger partial charge in [0.2, 0.25) is 0 Å². The summed E-state index contributed by atoms with van der Waals surface area (Å²) >= 11 is 0. The molecule has 0 radical (unpaired) electrons. The van der Waals surface area contributed by atoms with Crippen LogP contribution in [0.1, 0.15) is 27.7 Å². The highest BCUT2D eigenvalue weighted by molar-refractivity contribution is 4.91. The molecule has 0 aliphatic heterocycles. The Morgan fingerprint density at radius 3 is 1.95 bits per heavy atom. The molecule has 6 heteroatoms. The van der Waals surface area contributed by atoms with E-state index in [2.05, 4.69) is 6.58 Å². The quantitative estimate of drug-likeness (QED) is 0.741. The fourth-order valence-corrected chi connectivity index (χ4v) is 1.77. The molecule has 0 spiro atoms. The molecule has 19 heavy (non-hydrogen) atoms. The van der Waals surface area contributed by atoms with Crippen molar-refractivity contribution in [2.45, 2.75) is 40.8 Å². The van der Waals surface area contributed by atoms with Gasteiger partial charge in [-0.05, 0) is 12.3 Å². The van der Waals surface area contributed by atoms with Gasteiger partial charge in [0.1, 0.15) is 0 Å². The minimum absolute atomic E-state index is 0.121. The van der Waals surface area contributed by atoms with Crippen LogP contribution in [-0.2, 0) is 20.1 Å². The zero-order valence-corrected chi connectivity index (χ0v) is 12.2. The smallest absolute Gasteiger partial charge is 0.248 e. The Morgan fingerprint density at radius 2 is 1.53 bits per heavy atom. The SMILES string of the molecule is C=C(C)Cn1c(=O)n(C)c(=O)n(CC(C)(C)C)c1=O. The van der Waals surface area contributed by atoms with Crippen molar-refractivity contribution in [1.29, 1.82) is 0 Å². The molecule has 0 amide bonds. The predicted octanol–water partition coefficient (Wildman–Crippen LogP) is 0.331. The van der Waals surface area contributed by atoms with E-state index in [1.165, 1.54) is 7.05 Å². The molecule has 0 saturated heterocycles. The fourth-order valence-electron chi connectivity index (χ4n) is 1.77. The molecule has 106 valence electrons. The van der Waals surface area contributed by atoms with Crippen LogP contribution >= 0.6 is 0 Å². The van der Waals surface area contributed by atoms with Crippen LogP contribution in [0.4, 0.5) is 0 Å². The first kappa shape index (κ1) is 15.2. The van der Waals surface area contributed by atoms with Crippen molar-refractivity contribution >= 4 is 0 Å². The zero-order chi connectivity index (χ0) is 15.0. The lowest BCUT2D eigenvalue weighted by atomic mass is 9.97. The lowest BCUT2D eigenvalue weighted by Gasteiger charge is -2.20. The summed E-state index contributed by atoms with van der Waals surface area (Å²) in [7, 11) is 1.37. The standard InChI is InChI=1S/C13H21N3O3/c1-9(2)7-15-10(17)14(6)11(18)16(12(15)19)8-13(3,4)5/h1,7-8H2,2-6H3. The summed E-state index contributed by atoms with van der Waals surface area (Å²) in [5, 5.41) is 0. The number of rotatable bonds is 3. The fraction of sp³-hybridized carbons (Fsp3) is 0.615. The summed E-state index contributed by atoms with van der Waals surface area (Å²) in [6.07, 6.45) is 0. The second kappa shape index (κ2) is 5.03. The van der Waals surface area contributed by atoms with Crippen molar-refractivity contribution in [1.82, 2.24) is 13.7 Å². The average molecular weight is 267 g/mol. The maximum atomic E-state index is 12.2. The summed E-state index contributed by atoms with van der Waals surface area (Å²) < 4.78 is 3.09. The average Bonchev–Trinajstić information content (AvgIpc) is 2.26. The van der Waals surface area contributed by atoms with Crippen LogP contribution in [0.2, 0.25) is 0 Å². The molecule has 0 atom stereocenters. The second-order valence-corrected chi connectivity index (χ2v) is 6.10. The highest BCUT2D eigenvalue weighted by atomic mass is 16.2. The van der Waals surface area contributed by atoms with E-state index in [-0.39, 0.29) is 18.5 Å². The molecule has 1 heterocycles. The Kier molecular flexibility index (Phi) is 4.03. The van der Waals surface area contributed by atoms with Crippen LogP contribution in [0.25, 0.3) is 0 Å². The summed E-state index contributed by atoms with van der Waals surface area (Å²) in [5.74, 6) is 0. The van der Waals surface area contributed by atoms with Gasteiger partial charge in [-0.3, -0.25) is 0 Å². The minimum Gasteiger partial charge on any atom is -0.248 e. The molecule has 1 aromatic rings. The van der Waals surface area contributed by atoms with Crippen molar-refractivity contribution < 1.29 is 0 Å². The van der Waals surface area contributed by atoms with E-state index in [9.17, 15) is 14.4 Å². The van der Waals surface area contributed by atoms with Crippen LogP contribution in [0.5, 0.6) is 0 Å². The molecule has 0 aliphatic carbocycles. The third-order valence-electron chi connectivity index (χ3n) is 2.56.